The fraction of sp³-hybridized carbons (Fsp3) is 0.412. The summed E-state index contributed by atoms with van der Waals surface area (Å²) >= 11 is 0. The van der Waals surface area contributed by atoms with Gasteiger partial charge in [-0.05, 0) is 48.2 Å². The predicted octanol–water partition coefficient (Wildman–Crippen LogP) is 4.57. The van der Waals surface area contributed by atoms with Gasteiger partial charge in [-0.25, -0.2) is 8.42 Å². The van der Waals surface area contributed by atoms with Crippen LogP contribution in [0, 0.1) is 0 Å². The van der Waals surface area contributed by atoms with Gasteiger partial charge in [-0.15, -0.1) is 0 Å². The van der Waals surface area contributed by atoms with Crippen molar-refractivity contribution in [3.8, 4) is 17.2 Å². The minimum atomic E-state index is -3.97. The summed E-state index contributed by atoms with van der Waals surface area (Å²) in [6, 6.07) is 20.6. The van der Waals surface area contributed by atoms with Crippen LogP contribution in [0.25, 0.3) is 0 Å². The van der Waals surface area contributed by atoms with Gasteiger partial charge in [0.2, 0.25) is 21.8 Å². The fourth-order valence-corrected chi connectivity index (χ4v) is 6.50. The van der Waals surface area contributed by atoms with Crippen LogP contribution in [0.5, 0.6) is 17.2 Å². The molecule has 3 aromatic carbocycles. The number of nitrogens with zero attached hydrogens (tertiary/aromatic N) is 2. The summed E-state index contributed by atoms with van der Waals surface area (Å²) in [6.07, 6.45) is 6.25. The van der Waals surface area contributed by atoms with Crippen molar-refractivity contribution in [1.82, 2.24) is 10.2 Å². The Morgan fingerprint density at radius 1 is 0.844 bits per heavy atom. The van der Waals surface area contributed by atoms with Gasteiger partial charge in [0.15, 0.2) is 0 Å². The fourth-order valence-electron chi connectivity index (χ4n) is 5.65. The molecule has 0 saturated heterocycles. The van der Waals surface area contributed by atoms with Crippen LogP contribution in [0.1, 0.15) is 43.2 Å². The highest BCUT2D eigenvalue weighted by Crippen LogP contribution is 2.34. The molecule has 45 heavy (non-hydrogen) atoms. The van der Waals surface area contributed by atoms with Crippen LogP contribution in [0.3, 0.4) is 0 Å². The van der Waals surface area contributed by atoms with Gasteiger partial charge in [0.25, 0.3) is 0 Å². The first-order chi connectivity index (χ1) is 21.6. The molecule has 1 aliphatic rings. The number of hydrogen-bond donors (Lipinski definition) is 1. The normalized spacial score (nSPS) is 14.2. The van der Waals surface area contributed by atoms with Gasteiger partial charge >= 0.3 is 0 Å². The molecule has 11 heteroatoms. The first-order valence-corrected chi connectivity index (χ1v) is 16.9. The van der Waals surface area contributed by atoms with Crippen LogP contribution in [0.2, 0.25) is 0 Å². The number of carbonyl (C=O) groups excluding carboxylic acids is 2. The van der Waals surface area contributed by atoms with Crippen molar-refractivity contribution in [3.05, 3.63) is 83.9 Å². The average molecular weight is 638 g/mol. The maximum absolute atomic E-state index is 14.4. The Hall–Kier alpha value is -4.25. The Balaban J connectivity index is 1.76. The molecule has 0 radical (unpaired) electrons. The molecule has 1 aliphatic carbocycles. The lowest BCUT2D eigenvalue weighted by molar-refractivity contribution is -0.140. The molecule has 0 aliphatic heterocycles. The van der Waals surface area contributed by atoms with Crippen molar-refractivity contribution in [3.63, 3.8) is 0 Å². The molecule has 4 rings (SSSR count). The highest BCUT2D eigenvalue weighted by Gasteiger charge is 2.34. The molecule has 0 aromatic heterocycles. The molecule has 0 heterocycles. The van der Waals surface area contributed by atoms with Crippen molar-refractivity contribution in [1.29, 1.82) is 0 Å². The first kappa shape index (κ1) is 33.6. The number of nitrogens with one attached hydrogen (secondary N) is 1. The lowest BCUT2D eigenvalue weighted by Crippen LogP contribution is -2.55. The number of anilines is 1. The standard InChI is InChI=1S/C34H43N3O7S/c1-42-28-17-11-14-26(20-28)23-36(31(21-25-12-7-5-8-13-25)34(39)35-27-15-9-6-10-16-27)33(38)24-37(45(4,40)41)30-19-18-29(43-2)22-32(30)44-3/h5,7-8,11-14,17-20,22,27,31H,6,9-10,15-16,21,23-24H2,1-4H3,(H,35,39)/t31-/m0/s1. The smallest absolute Gasteiger partial charge is 0.244 e. The van der Waals surface area contributed by atoms with Gasteiger partial charge in [0.1, 0.15) is 29.8 Å². The molecule has 3 aromatic rings. The number of sulfonamides is 1. The Bertz CT molecular complexity index is 1540. The summed E-state index contributed by atoms with van der Waals surface area (Å²) in [4.78, 5) is 30.0. The van der Waals surface area contributed by atoms with Crippen LogP contribution >= 0.6 is 0 Å². The highest BCUT2D eigenvalue weighted by atomic mass is 32.2. The van der Waals surface area contributed by atoms with E-state index in [-0.39, 0.29) is 36.4 Å². The van der Waals surface area contributed by atoms with Gasteiger partial charge in [0.05, 0.1) is 33.3 Å². The topological polar surface area (TPSA) is 114 Å². The first-order valence-electron chi connectivity index (χ1n) is 15.1. The molecule has 0 bridgehead atoms. The molecule has 2 amide bonds. The van der Waals surface area contributed by atoms with E-state index in [0.29, 0.717) is 11.5 Å². The number of methoxy groups -OCH3 is 3. The van der Waals surface area contributed by atoms with Crippen molar-refractivity contribution in [2.45, 2.75) is 57.2 Å². The second-order valence-corrected chi connectivity index (χ2v) is 13.1. The van der Waals surface area contributed by atoms with Crippen LogP contribution < -0.4 is 23.8 Å². The van der Waals surface area contributed by atoms with E-state index in [0.717, 1.165) is 53.8 Å². The Labute approximate surface area is 266 Å². The molecule has 1 fully saturated rings. The van der Waals surface area contributed by atoms with Crippen LogP contribution in [0.4, 0.5) is 5.69 Å². The highest BCUT2D eigenvalue weighted by molar-refractivity contribution is 7.92. The summed E-state index contributed by atoms with van der Waals surface area (Å²) in [5.74, 6) is 0.489. The van der Waals surface area contributed by atoms with Crippen LogP contribution in [-0.2, 0) is 32.6 Å². The Kier molecular flexibility index (Phi) is 11.7. The van der Waals surface area contributed by atoms with Gasteiger partial charge in [0, 0.05) is 25.1 Å². The number of hydrogen-bond acceptors (Lipinski definition) is 7. The van der Waals surface area contributed by atoms with E-state index in [1.54, 1.807) is 31.4 Å². The molecular formula is C34H43N3O7S. The zero-order valence-corrected chi connectivity index (χ0v) is 27.2. The van der Waals surface area contributed by atoms with Gasteiger partial charge < -0.3 is 24.4 Å². The van der Waals surface area contributed by atoms with E-state index in [1.807, 2.05) is 42.5 Å². The lowest BCUT2D eigenvalue weighted by Gasteiger charge is -2.35. The largest absolute Gasteiger partial charge is 0.497 e. The van der Waals surface area contributed by atoms with Gasteiger partial charge in [-0.2, -0.15) is 0 Å². The minimum Gasteiger partial charge on any atom is -0.497 e. The number of benzene rings is 3. The van der Waals surface area contributed by atoms with E-state index in [1.165, 1.54) is 25.2 Å². The second kappa shape index (κ2) is 15.7. The molecule has 0 unspecified atom stereocenters. The zero-order chi connectivity index (χ0) is 32.4. The molecule has 10 nitrogen and oxygen atoms in total. The summed E-state index contributed by atoms with van der Waals surface area (Å²) in [7, 11) is 0.506. The predicted molar refractivity (Wildman–Crippen MR) is 174 cm³/mol. The third kappa shape index (κ3) is 9.13. The van der Waals surface area contributed by atoms with Crippen molar-refractivity contribution >= 4 is 27.5 Å². The van der Waals surface area contributed by atoms with Crippen LogP contribution in [0.15, 0.2) is 72.8 Å². The third-order valence-electron chi connectivity index (χ3n) is 8.04. The van der Waals surface area contributed by atoms with Gasteiger partial charge in [-0.1, -0.05) is 61.7 Å². The van der Waals surface area contributed by atoms with E-state index < -0.39 is 28.5 Å². The molecule has 242 valence electrons. The van der Waals surface area contributed by atoms with E-state index in [4.69, 9.17) is 14.2 Å². The summed E-state index contributed by atoms with van der Waals surface area (Å²) in [5.41, 5.74) is 1.79. The number of rotatable bonds is 14. The Morgan fingerprint density at radius 2 is 1.51 bits per heavy atom. The van der Waals surface area contributed by atoms with Crippen molar-refractivity contribution in [2.75, 3.05) is 38.4 Å². The van der Waals surface area contributed by atoms with E-state index in [9.17, 15) is 18.0 Å². The van der Waals surface area contributed by atoms with Crippen LogP contribution in [-0.4, -0.2) is 71.3 Å². The van der Waals surface area contributed by atoms with E-state index >= 15 is 0 Å². The Morgan fingerprint density at radius 3 is 2.16 bits per heavy atom. The molecular weight excluding hydrogens is 594 g/mol. The summed E-state index contributed by atoms with van der Waals surface area (Å²) in [6.45, 7) is -0.490. The molecule has 0 spiro atoms. The number of carbonyl (C=O) groups is 2. The molecule has 1 atom stereocenters. The lowest BCUT2D eigenvalue weighted by atomic mass is 9.94. The average Bonchev–Trinajstić information content (AvgIpc) is 3.05. The maximum Gasteiger partial charge on any atom is 0.244 e. The maximum atomic E-state index is 14.4. The zero-order valence-electron chi connectivity index (χ0n) is 26.4. The molecule has 1 N–H and O–H groups in total. The number of amides is 2. The van der Waals surface area contributed by atoms with Crippen molar-refractivity contribution < 1.29 is 32.2 Å². The monoisotopic (exact) mass is 637 g/mol. The van der Waals surface area contributed by atoms with Gasteiger partial charge in [-0.3, -0.25) is 13.9 Å². The summed E-state index contributed by atoms with van der Waals surface area (Å²) in [5, 5.41) is 3.21. The molecule has 1 saturated carbocycles. The van der Waals surface area contributed by atoms with Crippen molar-refractivity contribution in [2.24, 2.45) is 0 Å². The third-order valence-corrected chi connectivity index (χ3v) is 9.17. The number of ether oxygens (including phenoxy) is 3. The SMILES string of the molecule is COc1cccc(CN(C(=O)CN(c2ccc(OC)cc2OC)S(C)(=O)=O)[C@@H](Cc2ccccc2)C(=O)NC2CCCCC2)c1. The van der Waals surface area contributed by atoms with E-state index in [2.05, 4.69) is 5.32 Å². The second-order valence-electron chi connectivity index (χ2n) is 11.2. The summed E-state index contributed by atoms with van der Waals surface area (Å²) < 4.78 is 43.6. The minimum absolute atomic E-state index is 0.0226. The quantitative estimate of drug-likeness (QED) is 0.276.